The van der Waals surface area contributed by atoms with E-state index in [0.717, 1.165) is 38.4 Å². The molecule has 1 aliphatic carbocycles. The standard InChI is InChI=1S/C21H35N5OS.HI/c1-22-21(23-12-11-20(27)25-17-8-3-2-4-9-17)24-16-18(19-10-7-15-28-19)26-13-5-6-14-26;/h7,10,15,17-18H,2-6,8-9,11-14,16H2,1H3,(H,25,27)(H2,22,23,24);1H. The van der Waals surface area contributed by atoms with Crippen LogP contribution in [0.2, 0.25) is 0 Å². The molecule has 1 aliphatic heterocycles. The molecule has 1 saturated heterocycles. The Morgan fingerprint density at radius 1 is 1.21 bits per heavy atom. The van der Waals surface area contributed by atoms with Gasteiger partial charge >= 0.3 is 0 Å². The number of amides is 1. The van der Waals surface area contributed by atoms with Gasteiger partial charge in [0, 0.05) is 37.5 Å². The highest BCUT2D eigenvalue weighted by molar-refractivity contribution is 14.0. The van der Waals surface area contributed by atoms with Crippen molar-refractivity contribution in [1.82, 2.24) is 20.9 Å². The molecular weight excluding hydrogens is 497 g/mol. The van der Waals surface area contributed by atoms with Gasteiger partial charge in [0.25, 0.3) is 0 Å². The van der Waals surface area contributed by atoms with E-state index in [9.17, 15) is 4.79 Å². The quantitative estimate of drug-likeness (QED) is 0.272. The zero-order chi connectivity index (χ0) is 19.6. The SMILES string of the molecule is CN=C(NCCC(=O)NC1CCCCC1)NCC(c1cccs1)N1CCCC1.I. The third kappa shape index (κ3) is 8.05. The topological polar surface area (TPSA) is 68.8 Å². The van der Waals surface area contributed by atoms with Gasteiger partial charge in [0.15, 0.2) is 5.96 Å². The van der Waals surface area contributed by atoms with Crippen molar-refractivity contribution in [3.05, 3.63) is 22.4 Å². The molecule has 1 atom stereocenters. The van der Waals surface area contributed by atoms with Crippen molar-refractivity contribution in [2.24, 2.45) is 4.99 Å². The van der Waals surface area contributed by atoms with Gasteiger partial charge in [-0.15, -0.1) is 35.3 Å². The lowest BCUT2D eigenvalue weighted by atomic mass is 9.95. The molecule has 2 fully saturated rings. The maximum Gasteiger partial charge on any atom is 0.221 e. The summed E-state index contributed by atoms with van der Waals surface area (Å²) in [5.41, 5.74) is 0. The van der Waals surface area contributed by atoms with Gasteiger partial charge in [0.05, 0.1) is 6.04 Å². The van der Waals surface area contributed by atoms with Crippen LogP contribution in [0.3, 0.4) is 0 Å². The van der Waals surface area contributed by atoms with Crippen LogP contribution in [0.1, 0.15) is 62.3 Å². The van der Waals surface area contributed by atoms with Crippen molar-refractivity contribution in [3.8, 4) is 0 Å². The minimum atomic E-state index is 0. The molecule has 0 radical (unpaired) electrons. The number of likely N-dealkylation sites (tertiary alicyclic amines) is 1. The fraction of sp³-hybridized carbons (Fsp3) is 0.714. The Kier molecular flexibility index (Phi) is 11.3. The van der Waals surface area contributed by atoms with Gasteiger partial charge in [-0.3, -0.25) is 14.7 Å². The van der Waals surface area contributed by atoms with Crippen LogP contribution < -0.4 is 16.0 Å². The van der Waals surface area contributed by atoms with E-state index in [1.54, 1.807) is 7.05 Å². The average molecular weight is 534 g/mol. The Morgan fingerprint density at radius 2 is 1.97 bits per heavy atom. The van der Waals surface area contributed by atoms with Crippen LogP contribution in [0, 0.1) is 0 Å². The van der Waals surface area contributed by atoms with Crippen LogP contribution in [-0.4, -0.2) is 56.0 Å². The molecule has 0 bridgehead atoms. The van der Waals surface area contributed by atoms with Gasteiger partial charge in [-0.2, -0.15) is 0 Å². The summed E-state index contributed by atoms with van der Waals surface area (Å²) in [6.45, 7) is 3.76. The Labute approximate surface area is 196 Å². The number of nitrogens with one attached hydrogen (secondary N) is 3. The van der Waals surface area contributed by atoms with E-state index in [2.05, 4.69) is 43.4 Å². The zero-order valence-corrected chi connectivity index (χ0v) is 20.6. The smallest absolute Gasteiger partial charge is 0.221 e. The molecule has 1 amide bonds. The number of thiophene rings is 1. The molecule has 1 aromatic heterocycles. The number of hydrogen-bond donors (Lipinski definition) is 3. The molecule has 2 heterocycles. The van der Waals surface area contributed by atoms with Crippen molar-refractivity contribution in [2.75, 3.05) is 33.2 Å². The first-order valence-corrected chi connectivity index (χ1v) is 11.7. The van der Waals surface area contributed by atoms with Gasteiger partial charge in [0.1, 0.15) is 0 Å². The average Bonchev–Trinajstić information content (AvgIpc) is 3.42. The number of carbonyl (C=O) groups is 1. The van der Waals surface area contributed by atoms with Gasteiger partial charge < -0.3 is 16.0 Å². The maximum atomic E-state index is 12.2. The van der Waals surface area contributed by atoms with Crippen LogP contribution in [-0.2, 0) is 4.79 Å². The van der Waals surface area contributed by atoms with E-state index in [0.29, 0.717) is 25.0 Å². The third-order valence-corrected chi connectivity index (χ3v) is 6.73. The van der Waals surface area contributed by atoms with Gasteiger partial charge in [-0.1, -0.05) is 25.3 Å². The number of rotatable bonds is 8. The van der Waals surface area contributed by atoms with E-state index in [1.165, 1.54) is 37.0 Å². The largest absolute Gasteiger partial charge is 0.356 e. The van der Waals surface area contributed by atoms with E-state index in [1.807, 2.05) is 11.3 Å². The summed E-state index contributed by atoms with van der Waals surface area (Å²) in [4.78, 5) is 20.4. The molecule has 1 saturated carbocycles. The molecule has 29 heavy (non-hydrogen) atoms. The normalized spacial score (nSPS) is 19.4. The van der Waals surface area contributed by atoms with Crippen molar-refractivity contribution < 1.29 is 4.79 Å². The van der Waals surface area contributed by atoms with E-state index < -0.39 is 0 Å². The predicted octanol–water partition coefficient (Wildman–Crippen LogP) is 3.51. The summed E-state index contributed by atoms with van der Waals surface area (Å²) in [6.07, 6.45) is 9.09. The van der Waals surface area contributed by atoms with Crippen LogP contribution in [0.4, 0.5) is 0 Å². The fourth-order valence-corrected chi connectivity index (χ4v) is 5.06. The molecule has 164 valence electrons. The Morgan fingerprint density at radius 3 is 2.62 bits per heavy atom. The van der Waals surface area contributed by atoms with Crippen LogP contribution >= 0.6 is 35.3 Å². The predicted molar refractivity (Wildman–Crippen MR) is 132 cm³/mol. The van der Waals surface area contributed by atoms with E-state index in [-0.39, 0.29) is 29.9 Å². The molecule has 0 spiro atoms. The highest BCUT2D eigenvalue weighted by Crippen LogP contribution is 2.27. The van der Waals surface area contributed by atoms with E-state index >= 15 is 0 Å². The highest BCUT2D eigenvalue weighted by Gasteiger charge is 2.24. The molecule has 1 aromatic rings. The van der Waals surface area contributed by atoms with Crippen molar-refractivity contribution in [1.29, 1.82) is 0 Å². The lowest BCUT2D eigenvalue weighted by molar-refractivity contribution is -0.121. The van der Waals surface area contributed by atoms with Crippen molar-refractivity contribution in [2.45, 2.75) is 63.5 Å². The molecule has 1 unspecified atom stereocenters. The second kappa shape index (κ2) is 13.4. The van der Waals surface area contributed by atoms with Gasteiger partial charge in [0.2, 0.25) is 5.91 Å². The second-order valence-electron chi connectivity index (χ2n) is 7.81. The number of guanidine groups is 1. The van der Waals surface area contributed by atoms with Crippen LogP contribution in [0.15, 0.2) is 22.5 Å². The molecular formula is C21H36IN5OS. The minimum Gasteiger partial charge on any atom is -0.356 e. The molecule has 6 nitrogen and oxygen atoms in total. The molecule has 0 aromatic carbocycles. The first-order chi connectivity index (χ1) is 13.8. The third-order valence-electron chi connectivity index (χ3n) is 5.75. The summed E-state index contributed by atoms with van der Waals surface area (Å²) in [6, 6.07) is 5.11. The molecule has 3 N–H and O–H groups in total. The Bertz CT molecular complexity index is 613. The number of nitrogens with zero attached hydrogens (tertiary/aromatic N) is 2. The van der Waals surface area contributed by atoms with Crippen molar-refractivity contribution in [3.63, 3.8) is 0 Å². The number of carbonyl (C=O) groups excluding carboxylic acids is 1. The highest BCUT2D eigenvalue weighted by atomic mass is 127. The molecule has 3 rings (SSSR count). The van der Waals surface area contributed by atoms with Crippen molar-refractivity contribution >= 4 is 47.2 Å². The Hall–Kier alpha value is -0.870. The van der Waals surface area contributed by atoms with Gasteiger partial charge in [-0.25, -0.2) is 0 Å². The fourth-order valence-electron chi connectivity index (χ4n) is 4.20. The van der Waals surface area contributed by atoms with Gasteiger partial charge in [-0.05, 0) is 50.2 Å². The number of aliphatic imine (C=N–C) groups is 1. The summed E-state index contributed by atoms with van der Waals surface area (Å²) >= 11 is 1.82. The summed E-state index contributed by atoms with van der Waals surface area (Å²) in [5.74, 6) is 0.912. The number of hydrogen-bond acceptors (Lipinski definition) is 4. The molecule has 8 heteroatoms. The summed E-state index contributed by atoms with van der Waals surface area (Å²) in [5, 5.41) is 12.1. The maximum absolute atomic E-state index is 12.2. The van der Waals surface area contributed by atoms with Crippen LogP contribution in [0.25, 0.3) is 0 Å². The lowest BCUT2D eigenvalue weighted by Gasteiger charge is -2.27. The zero-order valence-electron chi connectivity index (χ0n) is 17.5. The first kappa shape index (κ1) is 24.4. The van der Waals surface area contributed by atoms with Crippen LogP contribution in [0.5, 0.6) is 0 Å². The summed E-state index contributed by atoms with van der Waals surface area (Å²) in [7, 11) is 1.79. The molecule has 2 aliphatic rings. The second-order valence-corrected chi connectivity index (χ2v) is 8.79. The number of halogens is 1. The lowest BCUT2D eigenvalue weighted by Crippen LogP contribution is -2.44. The minimum absolute atomic E-state index is 0. The first-order valence-electron chi connectivity index (χ1n) is 10.8. The Balaban J connectivity index is 0.00000300. The summed E-state index contributed by atoms with van der Waals surface area (Å²) < 4.78 is 0. The van der Waals surface area contributed by atoms with E-state index in [4.69, 9.17) is 0 Å². The monoisotopic (exact) mass is 533 g/mol.